The van der Waals surface area contributed by atoms with E-state index < -0.39 is 48.9 Å². The van der Waals surface area contributed by atoms with Gasteiger partial charge in [0, 0.05) is 6.42 Å². The summed E-state index contributed by atoms with van der Waals surface area (Å²) in [5, 5.41) is 57.9. The van der Waals surface area contributed by atoms with Crippen LogP contribution in [0.2, 0.25) is 0 Å². The smallest absolute Gasteiger partial charge is 0.326 e. The number of nitrogens with one attached hydrogen (secondary N) is 1. The second-order valence-electron chi connectivity index (χ2n) is 5.27. The fourth-order valence-corrected chi connectivity index (χ4v) is 1.98. The Labute approximate surface area is 137 Å². The van der Waals surface area contributed by atoms with Crippen molar-refractivity contribution in [2.24, 2.45) is 0 Å². The van der Waals surface area contributed by atoms with E-state index in [4.69, 9.17) is 10.2 Å². The lowest BCUT2D eigenvalue weighted by molar-refractivity contribution is -0.152. The summed E-state index contributed by atoms with van der Waals surface area (Å²) in [6.07, 6.45) is -8.07. The van der Waals surface area contributed by atoms with Crippen molar-refractivity contribution in [2.75, 3.05) is 6.61 Å². The summed E-state index contributed by atoms with van der Waals surface area (Å²) in [5.74, 6) is -2.57. The molecule has 0 saturated carbocycles. The van der Waals surface area contributed by atoms with E-state index in [1.54, 1.807) is 30.3 Å². The van der Waals surface area contributed by atoms with Crippen molar-refractivity contribution in [2.45, 2.75) is 36.9 Å². The molecule has 0 aliphatic heterocycles. The first-order chi connectivity index (χ1) is 11.3. The number of carbonyl (C=O) groups is 2. The van der Waals surface area contributed by atoms with Gasteiger partial charge in [-0.3, -0.25) is 4.79 Å². The maximum atomic E-state index is 11.9. The lowest BCUT2D eigenvalue weighted by atomic mass is 10.0. The Balaban J connectivity index is 2.72. The van der Waals surface area contributed by atoms with Crippen LogP contribution >= 0.6 is 0 Å². The fraction of sp³-hybridized carbons (Fsp3) is 0.467. The van der Waals surface area contributed by atoms with Crippen LogP contribution in [0.15, 0.2) is 30.3 Å². The highest BCUT2D eigenvalue weighted by Gasteiger charge is 2.35. The zero-order valence-corrected chi connectivity index (χ0v) is 12.7. The van der Waals surface area contributed by atoms with E-state index >= 15 is 0 Å². The number of aliphatic hydroxyl groups is 5. The minimum atomic E-state index is -2.18. The van der Waals surface area contributed by atoms with Gasteiger partial charge in [-0.1, -0.05) is 30.3 Å². The molecule has 1 aromatic rings. The zero-order valence-electron chi connectivity index (χ0n) is 12.7. The monoisotopic (exact) mass is 343 g/mol. The summed E-state index contributed by atoms with van der Waals surface area (Å²) < 4.78 is 0. The first kappa shape index (κ1) is 20.0. The highest BCUT2D eigenvalue weighted by molar-refractivity contribution is 5.86. The molecule has 0 saturated heterocycles. The number of rotatable bonds is 9. The van der Waals surface area contributed by atoms with Crippen LogP contribution in [-0.4, -0.2) is 79.6 Å². The summed E-state index contributed by atoms with van der Waals surface area (Å²) >= 11 is 0. The molecule has 0 spiro atoms. The molecule has 1 aromatic carbocycles. The van der Waals surface area contributed by atoms with E-state index in [1.165, 1.54) is 0 Å². The predicted octanol–water partition coefficient (Wildman–Crippen LogP) is -2.77. The highest BCUT2D eigenvalue weighted by atomic mass is 16.4. The van der Waals surface area contributed by atoms with E-state index in [0.29, 0.717) is 5.56 Å². The van der Waals surface area contributed by atoms with Crippen molar-refractivity contribution in [3.05, 3.63) is 35.9 Å². The summed E-state index contributed by atoms with van der Waals surface area (Å²) in [7, 11) is 0. The number of aliphatic carboxylic acids is 1. The Bertz CT molecular complexity index is 538. The first-order valence-electron chi connectivity index (χ1n) is 7.18. The molecule has 0 heterocycles. The van der Waals surface area contributed by atoms with E-state index in [-0.39, 0.29) is 6.42 Å². The van der Waals surface area contributed by atoms with Crippen LogP contribution in [0.5, 0.6) is 0 Å². The van der Waals surface area contributed by atoms with Crippen LogP contribution in [0.25, 0.3) is 0 Å². The van der Waals surface area contributed by atoms with Gasteiger partial charge in [0.1, 0.15) is 24.4 Å². The maximum Gasteiger partial charge on any atom is 0.326 e. The van der Waals surface area contributed by atoms with Crippen LogP contribution < -0.4 is 5.32 Å². The molecule has 0 radical (unpaired) electrons. The molecule has 0 aliphatic rings. The molecule has 0 fully saturated rings. The van der Waals surface area contributed by atoms with Gasteiger partial charge in [-0.2, -0.15) is 0 Å². The number of hydrogen-bond acceptors (Lipinski definition) is 7. The average Bonchev–Trinajstić information content (AvgIpc) is 2.59. The minimum absolute atomic E-state index is 0.0491. The third-order valence-corrected chi connectivity index (χ3v) is 3.42. The van der Waals surface area contributed by atoms with E-state index in [0.717, 1.165) is 0 Å². The second-order valence-corrected chi connectivity index (χ2v) is 5.27. The van der Waals surface area contributed by atoms with Crippen molar-refractivity contribution in [1.82, 2.24) is 5.32 Å². The number of carbonyl (C=O) groups excluding carboxylic acids is 1. The van der Waals surface area contributed by atoms with Gasteiger partial charge in [-0.05, 0) is 5.56 Å². The fourth-order valence-electron chi connectivity index (χ4n) is 1.98. The van der Waals surface area contributed by atoms with Gasteiger partial charge < -0.3 is 36.0 Å². The number of aliphatic hydroxyl groups excluding tert-OH is 5. The zero-order chi connectivity index (χ0) is 18.3. The number of benzene rings is 1. The summed E-state index contributed by atoms with van der Waals surface area (Å²) in [6, 6.07) is 7.10. The van der Waals surface area contributed by atoms with Crippen molar-refractivity contribution in [1.29, 1.82) is 0 Å². The molecular formula is C15H21NO8. The molecule has 7 N–H and O–H groups in total. The van der Waals surface area contributed by atoms with Gasteiger partial charge in [0.2, 0.25) is 0 Å². The van der Waals surface area contributed by atoms with Crippen molar-refractivity contribution >= 4 is 11.9 Å². The predicted molar refractivity (Wildman–Crippen MR) is 80.8 cm³/mol. The molecule has 24 heavy (non-hydrogen) atoms. The van der Waals surface area contributed by atoms with Crippen LogP contribution in [0.4, 0.5) is 0 Å². The maximum absolute atomic E-state index is 11.9. The average molecular weight is 343 g/mol. The number of hydrogen-bond donors (Lipinski definition) is 7. The third-order valence-electron chi connectivity index (χ3n) is 3.42. The molecule has 1 amide bonds. The Hall–Kier alpha value is -2.04. The molecule has 0 unspecified atom stereocenters. The van der Waals surface area contributed by atoms with Crippen LogP contribution in [0, 0.1) is 0 Å². The number of amides is 1. The van der Waals surface area contributed by atoms with Gasteiger partial charge in [0.15, 0.2) is 6.10 Å². The Morgan fingerprint density at radius 3 is 2.08 bits per heavy atom. The molecule has 1 rings (SSSR count). The Morgan fingerprint density at radius 1 is 1.00 bits per heavy atom. The number of carboxylic acid groups (broad SMARTS) is 1. The van der Waals surface area contributed by atoms with Gasteiger partial charge >= 0.3 is 5.97 Å². The number of carboxylic acids is 1. The Kier molecular flexibility index (Phi) is 7.75. The van der Waals surface area contributed by atoms with Gasteiger partial charge in [0.25, 0.3) is 5.91 Å². The van der Waals surface area contributed by atoms with E-state index in [9.17, 15) is 30.0 Å². The lowest BCUT2D eigenvalue weighted by Crippen LogP contribution is -2.54. The normalized spacial score (nSPS) is 17.4. The third kappa shape index (κ3) is 5.55. The van der Waals surface area contributed by atoms with Crippen molar-refractivity contribution in [3.63, 3.8) is 0 Å². The Morgan fingerprint density at radius 2 is 1.58 bits per heavy atom. The second kappa shape index (κ2) is 9.30. The van der Waals surface area contributed by atoms with Crippen LogP contribution in [0.3, 0.4) is 0 Å². The highest BCUT2D eigenvalue weighted by Crippen LogP contribution is 2.08. The SMILES string of the molecule is O=C(O)[C@H](Cc1ccccc1)NC(=O)[C@H](O)[C@H](O)[C@@H](O)[C@H](O)CO. The summed E-state index contributed by atoms with van der Waals surface area (Å²) in [5.41, 5.74) is 0.635. The summed E-state index contributed by atoms with van der Waals surface area (Å²) in [4.78, 5) is 23.1. The summed E-state index contributed by atoms with van der Waals surface area (Å²) in [6.45, 7) is -0.891. The van der Waals surface area contributed by atoms with Crippen LogP contribution in [-0.2, 0) is 16.0 Å². The van der Waals surface area contributed by atoms with Gasteiger partial charge in [-0.25, -0.2) is 4.79 Å². The molecule has 0 aliphatic carbocycles. The van der Waals surface area contributed by atoms with Gasteiger partial charge in [-0.15, -0.1) is 0 Å². The van der Waals surface area contributed by atoms with Crippen molar-refractivity contribution < 1.29 is 40.2 Å². The first-order valence-corrected chi connectivity index (χ1v) is 7.18. The molecule has 9 heteroatoms. The molecule has 0 bridgehead atoms. The molecule has 0 aromatic heterocycles. The molecule has 134 valence electrons. The molecule has 5 atom stereocenters. The van der Waals surface area contributed by atoms with E-state index in [1.807, 2.05) is 0 Å². The lowest BCUT2D eigenvalue weighted by Gasteiger charge is -2.26. The quantitative estimate of drug-likeness (QED) is 0.253. The largest absolute Gasteiger partial charge is 0.480 e. The van der Waals surface area contributed by atoms with Gasteiger partial charge in [0.05, 0.1) is 6.61 Å². The molecular weight excluding hydrogens is 322 g/mol. The minimum Gasteiger partial charge on any atom is -0.480 e. The molecule has 9 nitrogen and oxygen atoms in total. The van der Waals surface area contributed by atoms with Crippen molar-refractivity contribution in [3.8, 4) is 0 Å². The van der Waals surface area contributed by atoms with E-state index in [2.05, 4.69) is 5.32 Å². The standard InChI is InChI=1S/C15H21NO8/c17-7-10(18)11(19)12(20)13(21)14(22)16-9(15(23)24)6-8-4-2-1-3-5-8/h1-5,9-13,17-21H,6-7H2,(H,16,22)(H,23,24)/t9-,10+,11-,12+,13+/m0/s1. The topological polar surface area (TPSA) is 168 Å². The van der Waals surface area contributed by atoms with Crippen LogP contribution in [0.1, 0.15) is 5.56 Å².